The van der Waals surface area contributed by atoms with E-state index in [0.29, 0.717) is 0 Å². The maximum Gasteiger partial charge on any atom is 0.150 e. The van der Waals surface area contributed by atoms with Crippen LogP contribution in [0.3, 0.4) is 0 Å². The van der Waals surface area contributed by atoms with Crippen LogP contribution in [0.5, 0.6) is 0 Å². The molecule has 64 valence electrons. The molecule has 1 atom stereocenters. The number of likely N-dealkylation sites (N-methyl/N-ethyl adjacent to an activating group) is 1. The van der Waals surface area contributed by atoms with Gasteiger partial charge in [-0.3, -0.25) is 4.79 Å². The van der Waals surface area contributed by atoms with Gasteiger partial charge in [-0.25, -0.2) is 0 Å². The van der Waals surface area contributed by atoms with Crippen molar-refractivity contribution in [2.24, 2.45) is 0 Å². The second-order valence-electron chi connectivity index (χ2n) is 2.08. The van der Waals surface area contributed by atoms with Gasteiger partial charge in [0.2, 0.25) is 0 Å². The van der Waals surface area contributed by atoms with Crippen LogP contribution in [0.4, 0.5) is 0 Å². The number of carbonyl (C=O) groups excluding carboxylic acids is 1. The molecule has 0 rings (SSSR count). The molecule has 0 aromatic carbocycles. The number of hydrogen-bond donors (Lipinski definition) is 1. The van der Waals surface area contributed by atoms with Crippen molar-refractivity contribution in [3.05, 3.63) is 12.2 Å². The van der Waals surface area contributed by atoms with Crippen molar-refractivity contribution in [3.63, 3.8) is 0 Å². The maximum atomic E-state index is 10.8. The Bertz CT molecular complexity index is 149. The van der Waals surface area contributed by atoms with Crippen LogP contribution in [0.25, 0.3) is 0 Å². The van der Waals surface area contributed by atoms with E-state index in [-0.39, 0.29) is 11.8 Å². The number of Topliss-reactive ketones (excluding diaryl/α,β-unsaturated/α-hetero) is 1. The molecule has 0 unspecified atom stereocenters. The van der Waals surface area contributed by atoms with Gasteiger partial charge in [-0.05, 0) is 35.2 Å². The van der Waals surface area contributed by atoms with E-state index in [1.807, 2.05) is 12.2 Å². The van der Waals surface area contributed by atoms with Gasteiger partial charge in [0.25, 0.3) is 0 Å². The standard InChI is InChI=1S/C7H12INOS/c1-6(10)7(9-2)4-3-5-11-8/h3-4,7,9H,5H2,1-2H3/b4-3+/t7-/m0/s1. The van der Waals surface area contributed by atoms with Gasteiger partial charge in [-0.15, -0.1) is 0 Å². The van der Waals surface area contributed by atoms with Crippen molar-refractivity contribution in [2.45, 2.75) is 13.0 Å². The highest BCUT2D eigenvalue weighted by Gasteiger charge is 2.04. The van der Waals surface area contributed by atoms with Crippen molar-refractivity contribution < 1.29 is 4.79 Å². The third-order valence-electron chi connectivity index (χ3n) is 1.24. The highest BCUT2D eigenvalue weighted by molar-refractivity contribution is 14.2. The lowest BCUT2D eigenvalue weighted by atomic mass is 10.2. The molecule has 0 fully saturated rings. The topological polar surface area (TPSA) is 29.1 Å². The van der Waals surface area contributed by atoms with E-state index >= 15 is 0 Å². The summed E-state index contributed by atoms with van der Waals surface area (Å²) >= 11 is 2.22. The zero-order valence-electron chi connectivity index (χ0n) is 6.63. The van der Waals surface area contributed by atoms with Crippen LogP contribution in [-0.2, 0) is 4.79 Å². The van der Waals surface area contributed by atoms with E-state index in [9.17, 15) is 4.79 Å². The van der Waals surface area contributed by atoms with Crippen LogP contribution in [0, 0.1) is 0 Å². The number of rotatable bonds is 5. The van der Waals surface area contributed by atoms with Crippen LogP contribution in [0.2, 0.25) is 0 Å². The maximum absolute atomic E-state index is 10.8. The number of nitrogens with one attached hydrogen (secondary N) is 1. The third-order valence-corrected chi connectivity index (χ3v) is 2.63. The van der Waals surface area contributed by atoms with Crippen LogP contribution < -0.4 is 5.32 Å². The smallest absolute Gasteiger partial charge is 0.150 e. The van der Waals surface area contributed by atoms with Crippen molar-refractivity contribution in [1.82, 2.24) is 5.32 Å². The van der Waals surface area contributed by atoms with Gasteiger partial charge in [-0.1, -0.05) is 21.1 Å². The number of carbonyl (C=O) groups is 1. The normalized spacial score (nSPS) is 13.7. The largest absolute Gasteiger partial charge is 0.307 e. The van der Waals surface area contributed by atoms with Crippen LogP contribution in [-0.4, -0.2) is 24.6 Å². The summed E-state index contributed by atoms with van der Waals surface area (Å²) in [5.74, 6) is 1.11. The zero-order chi connectivity index (χ0) is 8.69. The Morgan fingerprint density at radius 2 is 2.45 bits per heavy atom. The fraction of sp³-hybridized carbons (Fsp3) is 0.571. The van der Waals surface area contributed by atoms with E-state index in [2.05, 4.69) is 26.5 Å². The van der Waals surface area contributed by atoms with Crippen LogP contribution in [0.15, 0.2) is 12.2 Å². The minimum absolute atomic E-state index is 0.112. The van der Waals surface area contributed by atoms with Crippen molar-refractivity contribution in [2.75, 3.05) is 12.8 Å². The third kappa shape index (κ3) is 5.69. The summed E-state index contributed by atoms with van der Waals surface area (Å²) in [5, 5.41) is 2.91. The van der Waals surface area contributed by atoms with Gasteiger partial charge in [0.1, 0.15) is 0 Å². The molecule has 11 heavy (non-hydrogen) atoms. The highest BCUT2D eigenvalue weighted by Crippen LogP contribution is 2.09. The Morgan fingerprint density at radius 1 is 1.82 bits per heavy atom. The molecule has 0 spiro atoms. The monoisotopic (exact) mass is 285 g/mol. The quantitative estimate of drug-likeness (QED) is 0.617. The molecular weight excluding hydrogens is 273 g/mol. The van der Waals surface area contributed by atoms with Gasteiger partial charge >= 0.3 is 0 Å². The second-order valence-corrected chi connectivity index (χ2v) is 4.50. The van der Waals surface area contributed by atoms with Gasteiger partial charge in [0.05, 0.1) is 6.04 Å². The van der Waals surface area contributed by atoms with E-state index in [0.717, 1.165) is 5.75 Å². The summed E-state index contributed by atoms with van der Waals surface area (Å²) in [4.78, 5) is 10.8. The Morgan fingerprint density at radius 3 is 2.82 bits per heavy atom. The fourth-order valence-corrected chi connectivity index (χ4v) is 1.47. The molecule has 0 saturated heterocycles. The molecule has 0 heterocycles. The van der Waals surface area contributed by atoms with E-state index in [1.54, 1.807) is 22.9 Å². The van der Waals surface area contributed by atoms with E-state index < -0.39 is 0 Å². The molecule has 0 aromatic rings. The summed E-state index contributed by atoms with van der Waals surface area (Å²) in [7, 11) is 3.50. The number of hydrogen-bond acceptors (Lipinski definition) is 3. The predicted molar refractivity (Wildman–Crippen MR) is 59.1 cm³/mol. The Hall–Kier alpha value is 0.450. The Labute approximate surface area is 83.8 Å². The number of halogens is 1. The molecule has 0 aromatic heterocycles. The van der Waals surface area contributed by atoms with Gasteiger partial charge in [0.15, 0.2) is 5.78 Å². The Balaban J connectivity index is 3.77. The SMILES string of the molecule is CN[C@@H](/C=C/CSI)C(C)=O. The Kier molecular flexibility index (Phi) is 7.41. The first-order chi connectivity index (χ1) is 5.22. The summed E-state index contributed by atoms with van der Waals surface area (Å²) in [5.41, 5.74) is 0. The lowest BCUT2D eigenvalue weighted by Gasteiger charge is -2.05. The second kappa shape index (κ2) is 7.12. The molecule has 4 heteroatoms. The van der Waals surface area contributed by atoms with Gasteiger partial charge in [0, 0.05) is 5.75 Å². The number of ketones is 1. The van der Waals surface area contributed by atoms with Gasteiger partial charge in [-0.2, -0.15) is 0 Å². The van der Waals surface area contributed by atoms with Crippen molar-refractivity contribution in [1.29, 1.82) is 0 Å². The molecule has 0 aliphatic rings. The van der Waals surface area contributed by atoms with Crippen LogP contribution in [0.1, 0.15) is 6.92 Å². The van der Waals surface area contributed by atoms with Gasteiger partial charge < -0.3 is 5.32 Å². The lowest BCUT2D eigenvalue weighted by molar-refractivity contribution is -0.117. The molecule has 1 N–H and O–H groups in total. The van der Waals surface area contributed by atoms with Crippen molar-refractivity contribution in [3.8, 4) is 0 Å². The molecule has 0 saturated carbocycles. The average Bonchev–Trinajstić information content (AvgIpc) is 1.97. The molecule has 0 amide bonds. The fourth-order valence-electron chi connectivity index (χ4n) is 0.663. The molecule has 0 bridgehead atoms. The minimum atomic E-state index is -0.112. The van der Waals surface area contributed by atoms with E-state index in [1.165, 1.54) is 0 Å². The molecule has 0 aliphatic carbocycles. The minimum Gasteiger partial charge on any atom is -0.307 e. The average molecular weight is 285 g/mol. The molecule has 2 nitrogen and oxygen atoms in total. The molecule has 0 aliphatic heterocycles. The molecule has 0 radical (unpaired) electrons. The highest BCUT2D eigenvalue weighted by atomic mass is 127. The first kappa shape index (κ1) is 11.4. The first-order valence-electron chi connectivity index (χ1n) is 3.30. The summed E-state index contributed by atoms with van der Waals surface area (Å²) in [6.45, 7) is 1.59. The van der Waals surface area contributed by atoms with Crippen molar-refractivity contribution >= 4 is 35.9 Å². The summed E-state index contributed by atoms with van der Waals surface area (Å²) < 4.78 is 0. The first-order valence-corrected chi connectivity index (χ1v) is 6.83. The van der Waals surface area contributed by atoms with E-state index in [4.69, 9.17) is 0 Å². The molecular formula is C7H12INOS. The predicted octanol–water partition coefficient (Wildman–Crippen LogP) is 1.80. The summed E-state index contributed by atoms with van der Waals surface area (Å²) in [6.07, 6.45) is 3.90. The van der Waals surface area contributed by atoms with Crippen LogP contribution >= 0.6 is 30.1 Å². The zero-order valence-corrected chi connectivity index (χ0v) is 9.61. The lowest BCUT2D eigenvalue weighted by Crippen LogP contribution is -2.29. The summed E-state index contributed by atoms with van der Waals surface area (Å²) in [6, 6.07) is -0.112.